The van der Waals surface area contributed by atoms with Gasteiger partial charge < -0.3 is 10.6 Å². The van der Waals surface area contributed by atoms with E-state index in [1.807, 2.05) is 31.2 Å². The summed E-state index contributed by atoms with van der Waals surface area (Å²) in [5.41, 5.74) is 2.23. The number of aryl methyl sites for hydroxylation is 2. The summed E-state index contributed by atoms with van der Waals surface area (Å²) in [6, 6.07) is 7.79. The number of aliphatic imine (C=N–C) groups is 1. The quantitative estimate of drug-likeness (QED) is 0.616. The first-order chi connectivity index (χ1) is 11.1. The van der Waals surface area contributed by atoms with Crippen LogP contribution in [0.4, 0.5) is 0 Å². The number of thiazole rings is 1. The largest absolute Gasteiger partial charge is 0.357 e. The van der Waals surface area contributed by atoms with Crippen molar-refractivity contribution < 1.29 is 0 Å². The third kappa shape index (κ3) is 5.84. The van der Waals surface area contributed by atoms with Gasteiger partial charge in [0.1, 0.15) is 0 Å². The van der Waals surface area contributed by atoms with Crippen LogP contribution >= 0.6 is 22.9 Å². The Morgan fingerprint density at radius 1 is 1.30 bits per heavy atom. The van der Waals surface area contributed by atoms with Gasteiger partial charge in [-0.05, 0) is 38.5 Å². The van der Waals surface area contributed by atoms with E-state index in [0.717, 1.165) is 46.8 Å². The fourth-order valence-electron chi connectivity index (χ4n) is 2.25. The number of aromatic nitrogens is 1. The number of hydrogen-bond acceptors (Lipinski definition) is 3. The maximum Gasteiger partial charge on any atom is 0.191 e. The maximum absolute atomic E-state index is 6.01. The Balaban J connectivity index is 1.90. The highest BCUT2D eigenvalue weighted by Crippen LogP contribution is 2.17. The van der Waals surface area contributed by atoms with Crippen LogP contribution in [0.3, 0.4) is 0 Å². The number of hydrogen-bond donors (Lipinski definition) is 2. The summed E-state index contributed by atoms with van der Waals surface area (Å²) in [5.74, 6) is 0.825. The highest BCUT2D eigenvalue weighted by Gasteiger charge is 2.05. The molecule has 6 heteroatoms. The first-order valence-corrected chi connectivity index (χ1v) is 8.97. The van der Waals surface area contributed by atoms with Crippen LogP contribution in [-0.2, 0) is 13.0 Å². The average molecular weight is 351 g/mol. The van der Waals surface area contributed by atoms with Crippen LogP contribution in [0.1, 0.15) is 28.1 Å². The molecule has 0 amide bonds. The van der Waals surface area contributed by atoms with Gasteiger partial charge in [-0.15, -0.1) is 11.3 Å². The van der Waals surface area contributed by atoms with Gasteiger partial charge in [-0.1, -0.05) is 23.7 Å². The zero-order valence-electron chi connectivity index (χ0n) is 13.8. The Kier molecular flexibility index (Phi) is 6.86. The second-order valence-corrected chi connectivity index (χ2v) is 6.97. The molecule has 1 aromatic carbocycles. The molecule has 0 fully saturated rings. The molecular formula is C17H23ClN4S. The molecule has 0 radical (unpaired) electrons. The molecule has 0 atom stereocenters. The summed E-state index contributed by atoms with van der Waals surface area (Å²) in [6.45, 7) is 8.45. The number of guanidine groups is 1. The van der Waals surface area contributed by atoms with Gasteiger partial charge in [-0.2, -0.15) is 0 Å². The fraction of sp³-hybridized carbons (Fsp3) is 0.412. The lowest BCUT2D eigenvalue weighted by Gasteiger charge is -2.11. The van der Waals surface area contributed by atoms with Crippen LogP contribution < -0.4 is 10.6 Å². The SMILES string of the molecule is CCNC(=NCc1cccc(Cl)c1)NCCc1sc(C)nc1C. The fourth-order valence-corrected chi connectivity index (χ4v) is 3.40. The van der Waals surface area contributed by atoms with E-state index in [2.05, 4.69) is 34.5 Å². The van der Waals surface area contributed by atoms with E-state index in [0.29, 0.717) is 6.54 Å². The molecule has 2 N–H and O–H groups in total. The molecule has 23 heavy (non-hydrogen) atoms. The summed E-state index contributed by atoms with van der Waals surface area (Å²) in [5, 5.41) is 8.51. The summed E-state index contributed by atoms with van der Waals surface area (Å²) in [4.78, 5) is 10.4. The van der Waals surface area contributed by atoms with Gasteiger partial charge in [0, 0.05) is 29.4 Å². The lowest BCUT2D eigenvalue weighted by molar-refractivity contribution is 0.801. The Labute approximate surface area is 147 Å². The molecule has 1 aromatic heterocycles. The third-order valence-electron chi connectivity index (χ3n) is 3.30. The van der Waals surface area contributed by atoms with Gasteiger partial charge >= 0.3 is 0 Å². The van der Waals surface area contributed by atoms with Crippen molar-refractivity contribution >= 4 is 28.9 Å². The summed E-state index contributed by atoms with van der Waals surface area (Å²) < 4.78 is 0. The van der Waals surface area contributed by atoms with Gasteiger partial charge in [0.05, 0.1) is 17.2 Å². The molecule has 0 saturated carbocycles. The Morgan fingerprint density at radius 3 is 2.78 bits per heavy atom. The van der Waals surface area contributed by atoms with E-state index in [-0.39, 0.29) is 0 Å². The highest BCUT2D eigenvalue weighted by molar-refractivity contribution is 7.11. The van der Waals surface area contributed by atoms with Gasteiger partial charge in [-0.3, -0.25) is 0 Å². The molecule has 124 valence electrons. The highest BCUT2D eigenvalue weighted by atomic mass is 35.5. The molecule has 0 unspecified atom stereocenters. The molecule has 0 spiro atoms. The van der Waals surface area contributed by atoms with Gasteiger partial charge in [-0.25, -0.2) is 9.98 Å². The predicted octanol–water partition coefficient (Wildman–Crippen LogP) is 3.71. The van der Waals surface area contributed by atoms with Gasteiger partial charge in [0.25, 0.3) is 0 Å². The zero-order chi connectivity index (χ0) is 16.7. The van der Waals surface area contributed by atoms with Crippen LogP contribution in [0.25, 0.3) is 0 Å². The van der Waals surface area contributed by atoms with Crippen molar-refractivity contribution in [2.24, 2.45) is 4.99 Å². The Morgan fingerprint density at radius 2 is 2.13 bits per heavy atom. The zero-order valence-corrected chi connectivity index (χ0v) is 15.4. The van der Waals surface area contributed by atoms with Crippen molar-refractivity contribution in [2.45, 2.75) is 33.7 Å². The van der Waals surface area contributed by atoms with Crippen LogP contribution in [0.2, 0.25) is 5.02 Å². The van der Waals surface area contributed by atoms with E-state index in [9.17, 15) is 0 Å². The standard InChI is InChI=1S/C17H23ClN4S/c1-4-19-17(21-11-14-6-5-7-15(18)10-14)20-9-8-16-12(2)22-13(3)23-16/h5-7,10H,4,8-9,11H2,1-3H3,(H2,19,20,21). The van der Waals surface area contributed by atoms with Crippen molar-refractivity contribution in [3.05, 3.63) is 50.4 Å². The normalized spacial score (nSPS) is 11.6. The van der Waals surface area contributed by atoms with Crippen LogP contribution in [0.15, 0.2) is 29.3 Å². The van der Waals surface area contributed by atoms with E-state index < -0.39 is 0 Å². The molecule has 0 aliphatic rings. The smallest absolute Gasteiger partial charge is 0.191 e. The second kappa shape index (κ2) is 8.89. The first-order valence-electron chi connectivity index (χ1n) is 7.78. The molecule has 0 bridgehead atoms. The number of halogens is 1. The lowest BCUT2D eigenvalue weighted by Crippen LogP contribution is -2.38. The van der Waals surface area contributed by atoms with Gasteiger partial charge in [0.2, 0.25) is 0 Å². The minimum atomic E-state index is 0.606. The molecule has 0 aliphatic heterocycles. The topological polar surface area (TPSA) is 49.3 Å². The van der Waals surface area contributed by atoms with E-state index in [1.54, 1.807) is 11.3 Å². The summed E-state index contributed by atoms with van der Waals surface area (Å²) >= 11 is 7.77. The lowest BCUT2D eigenvalue weighted by atomic mass is 10.2. The molecule has 1 heterocycles. The minimum Gasteiger partial charge on any atom is -0.357 e. The van der Waals surface area contributed by atoms with Crippen LogP contribution in [0, 0.1) is 13.8 Å². The average Bonchev–Trinajstić information content (AvgIpc) is 2.83. The van der Waals surface area contributed by atoms with Gasteiger partial charge in [0.15, 0.2) is 5.96 Å². The molecule has 2 aromatic rings. The predicted molar refractivity (Wildman–Crippen MR) is 99.6 cm³/mol. The minimum absolute atomic E-state index is 0.606. The van der Waals surface area contributed by atoms with Crippen molar-refractivity contribution in [1.29, 1.82) is 0 Å². The number of nitrogens with one attached hydrogen (secondary N) is 2. The van der Waals surface area contributed by atoms with E-state index >= 15 is 0 Å². The summed E-state index contributed by atoms with van der Waals surface area (Å²) in [7, 11) is 0. The Bertz CT molecular complexity index is 666. The Hall–Kier alpha value is -1.59. The summed E-state index contributed by atoms with van der Waals surface area (Å²) in [6.07, 6.45) is 0.957. The van der Waals surface area contributed by atoms with Crippen LogP contribution in [-0.4, -0.2) is 24.0 Å². The molecule has 0 saturated heterocycles. The van der Waals surface area contributed by atoms with E-state index in [4.69, 9.17) is 11.6 Å². The third-order valence-corrected chi connectivity index (χ3v) is 4.66. The number of rotatable bonds is 6. The molecular weight excluding hydrogens is 328 g/mol. The molecule has 2 rings (SSSR count). The van der Waals surface area contributed by atoms with Crippen molar-refractivity contribution in [3.8, 4) is 0 Å². The van der Waals surface area contributed by atoms with Crippen LogP contribution in [0.5, 0.6) is 0 Å². The maximum atomic E-state index is 6.01. The number of benzene rings is 1. The second-order valence-electron chi connectivity index (χ2n) is 5.24. The van der Waals surface area contributed by atoms with Crippen molar-refractivity contribution in [3.63, 3.8) is 0 Å². The van der Waals surface area contributed by atoms with Crippen molar-refractivity contribution in [2.75, 3.05) is 13.1 Å². The number of nitrogens with zero attached hydrogens (tertiary/aromatic N) is 2. The first kappa shape index (κ1) is 17.8. The molecule has 4 nitrogen and oxygen atoms in total. The van der Waals surface area contributed by atoms with Crippen molar-refractivity contribution in [1.82, 2.24) is 15.6 Å². The van der Waals surface area contributed by atoms with E-state index in [1.165, 1.54) is 4.88 Å². The molecule has 0 aliphatic carbocycles. The monoisotopic (exact) mass is 350 g/mol.